The van der Waals surface area contributed by atoms with E-state index in [1.165, 1.54) is 5.43 Å². The number of hydrogen-bond acceptors (Lipinski definition) is 1. The molecule has 0 heterocycles. The molecule has 0 nitrogen and oxygen atoms in total. The minimum absolute atomic E-state index is 0.317. The molecular formula is C2H9BIPS. The van der Waals surface area contributed by atoms with E-state index in [4.69, 9.17) is 0 Å². The van der Waals surface area contributed by atoms with Crippen LogP contribution in [0.5, 0.6) is 0 Å². The Morgan fingerprint density at radius 3 is 2.33 bits per heavy atom. The first-order chi connectivity index (χ1) is 2.77. The van der Waals surface area contributed by atoms with Crippen LogP contribution in [-0.4, -0.2) is 16.9 Å². The normalized spacial score (nSPS) is 13.3. The maximum atomic E-state index is 2.40. The summed E-state index contributed by atoms with van der Waals surface area (Å²) in [4.78, 5) is 2.40. The summed E-state index contributed by atoms with van der Waals surface area (Å²) in [5.74, 6) is 0. The van der Waals surface area contributed by atoms with Gasteiger partial charge in [0.1, 0.15) is 0 Å². The van der Waals surface area contributed by atoms with E-state index < -0.39 is 0 Å². The summed E-state index contributed by atoms with van der Waals surface area (Å²) in [6.45, 7) is 0. The first kappa shape index (κ1) is 7.57. The predicted molar refractivity (Wildman–Crippen MR) is 50.3 cm³/mol. The third kappa shape index (κ3) is 5.57. The molecule has 1 unspecified atom stereocenters. The van der Waals surface area contributed by atoms with E-state index in [0.717, 1.165) is 0 Å². The Morgan fingerprint density at radius 2 is 2.33 bits per heavy atom. The van der Waals surface area contributed by atoms with Crippen LogP contribution in [0.4, 0.5) is 0 Å². The van der Waals surface area contributed by atoms with E-state index in [2.05, 4.69) is 16.9 Å². The third-order valence-electron chi connectivity index (χ3n) is 0.231. The van der Waals surface area contributed by atoms with Crippen LogP contribution in [0.3, 0.4) is 0 Å². The third-order valence-corrected chi connectivity index (χ3v) is 14.0. The van der Waals surface area contributed by atoms with E-state index in [1.807, 2.05) is 11.4 Å². The van der Waals surface area contributed by atoms with Crippen molar-refractivity contribution in [2.75, 3.05) is 11.2 Å². The van der Waals surface area contributed by atoms with Crippen molar-refractivity contribution in [2.45, 2.75) is 0 Å². The standard InChI is InChI=1S/C2H9BIPS/c1-4(3)5-6-2/h5H,3H2,1-2H3. The molecule has 0 N–H and O–H groups in total. The Hall–Kier alpha value is 1.57. The molecule has 0 fully saturated rings. The van der Waals surface area contributed by atoms with Crippen molar-refractivity contribution in [3.63, 3.8) is 0 Å². The van der Waals surface area contributed by atoms with Crippen LogP contribution in [0.2, 0.25) is 0 Å². The van der Waals surface area contributed by atoms with Gasteiger partial charge in [-0.3, -0.25) is 0 Å². The second-order valence-electron chi connectivity index (χ2n) is 1.04. The van der Waals surface area contributed by atoms with Gasteiger partial charge in [0.05, 0.1) is 0 Å². The molecule has 0 spiro atoms. The maximum absolute atomic E-state index is 2.40. The molecule has 0 aromatic carbocycles. The second kappa shape index (κ2) is 4.73. The summed E-state index contributed by atoms with van der Waals surface area (Å²) in [6.07, 6.45) is 2.19. The summed E-state index contributed by atoms with van der Waals surface area (Å²) in [5, 5.41) is 0. The molecule has 0 aliphatic heterocycles. The Labute approximate surface area is 52.6 Å². The zero-order valence-corrected chi connectivity index (χ0v) is 8.26. The van der Waals surface area contributed by atoms with Crippen molar-refractivity contribution in [1.82, 2.24) is 0 Å². The summed E-state index contributed by atoms with van der Waals surface area (Å²) in [7, 11) is 0. The zero-order chi connectivity index (χ0) is 4.99. The SMILES string of the molecule is BI(C)PSC. The molecule has 4 heteroatoms. The van der Waals surface area contributed by atoms with Gasteiger partial charge >= 0.3 is 52.7 Å². The molecule has 0 aromatic heterocycles. The van der Waals surface area contributed by atoms with Gasteiger partial charge in [-0.05, 0) is 0 Å². The van der Waals surface area contributed by atoms with Crippen LogP contribution in [0, 0.1) is 0 Å². The number of alkyl halides is 1. The molecule has 6 heavy (non-hydrogen) atoms. The van der Waals surface area contributed by atoms with E-state index in [9.17, 15) is 0 Å². The van der Waals surface area contributed by atoms with Crippen LogP contribution >= 0.6 is 35.9 Å². The van der Waals surface area contributed by atoms with Gasteiger partial charge in [0.25, 0.3) is 0 Å². The summed E-state index contributed by atoms with van der Waals surface area (Å²) < 4.78 is 0. The van der Waals surface area contributed by atoms with Crippen molar-refractivity contribution in [2.24, 2.45) is 0 Å². The van der Waals surface area contributed by atoms with Crippen LogP contribution in [-0.2, 0) is 0 Å². The van der Waals surface area contributed by atoms with Crippen molar-refractivity contribution < 1.29 is 0 Å². The van der Waals surface area contributed by atoms with E-state index >= 15 is 0 Å². The predicted octanol–water partition coefficient (Wildman–Crippen LogP) is 1.54. The first-order valence-electron chi connectivity index (χ1n) is 1.56. The van der Waals surface area contributed by atoms with E-state index in [-0.39, 0.29) is 19.1 Å². The number of rotatable bonds is 2. The second-order valence-corrected chi connectivity index (χ2v) is 16.6. The Balaban J connectivity index is 2.63. The molecule has 0 saturated heterocycles. The minimum atomic E-state index is -0.317. The fourth-order valence-corrected chi connectivity index (χ4v) is 9.32. The fourth-order valence-electron chi connectivity index (χ4n) is 0.154. The molecule has 0 amide bonds. The van der Waals surface area contributed by atoms with Crippen molar-refractivity contribution in [1.29, 1.82) is 0 Å². The Kier molecular flexibility index (Phi) is 5.97. The van der Waals surface area contributed by atoms with Gasteiger partial charge in [-0.2, -0.15) is 0 Å². The van der Waals surface area contributed by atoms with Gasteiger partial charge in [-0.15, -0.1) is 0 Å². The number of halogens is 1. The molecule has 38 valence electrons. The fraction of sp³-hybridized carbons (Fsp3) is 1.00. The quantitative estimate of drug-likeness (QED) is 0.302. The summed E-state index contributed by atoms with van der Waals surface area (Å²) >= 11 is 1.69. The average molecular weight is 234 g/mol. The van der Waals surface area contributed by atoms with E-state index in [0.29, 0.717) is 0 Å². The molecule has 0 aliphatic rings. The van der Waals surface area contributed by atoms with Crippen LogP contribution in [0.1, 0.15) is 0 Å². The van der Waals surface area contributed by atoms with Gasteiger partial charge in [0, 0.05) is 0 Å². The molecule has 1 atom stereocenters. The average Bonchev–Trinajstić information content (AvgIpc) is 1.35. The van der Waals surface area contributed by atoms with Gasteiger partial charge in [-0.1, -0.05) is 0 Å². The van der Waals surface area contributed by atoms with E-state index in [1.54, 1.807) is 0 Å². The molecular weight excluding hydrogens is 225 g/mol. The molecule has 0 aromatic rings. The van der Waals surface area contributed by atoms with Gasteiger partial charge in [-0.25, -0.2) is 0 Å². The van der Waals surface area contributed by atoms with Crippen LogP contribution < -0.4 is 0 Å². The summed E-state index contributed by atoms with van der Waals surface area (Å²) in [6, 6.07) is 0. The molecule has 0 radical (unpaired) electrons. The molecule has 0 saturated carbocycles. The van der Waals surface area contributed by atoms with Crippen LogP contribution in [0.15, 0.2) is 0 Å². The Morgan fingerprint density at radius 1 is 1.83 bits per heavy atom. The van der Waals surface area contributed by atoms with Gasteiger partial charge in [0.15, 0.2) is 0 Å². The molecule has 0 rings (SSSR count). The zero-order valence-electron chi connectivity index (χ0n) is 4.29. The van der Waals surface area contributed by atoms with Crippen molar-refractivity contribution >= 4 is 41.6 Å². The van der Waals surface area contributed by atoms with Gasteiger partial charge < -0.3 is 0 Å². The van der Waals surface area contributed by atoms with Crippen LogP contribution in [0.25, 0.3) is 0 Å². The number of hydrogen-bond donors (Lipinski definition) is 0. The van der Waals surface area contributed by atoms with Crippen molar-refractivity contribution in [3.8, 4) is 0 Å². The van der Waals surface area contributed by atoms with Gasteiger partial charge in [0.2, 0.25) is 0 Å². The Bertz CT molecular complexity index is 34.7. The monoisotopic (exact) mass is 234 g/mol. The first-order valence-corrected chi connectivity index (χ1v) is 11.9. The molecule has 0 aliphatic carbocycles. The van der Waals surface area contributed by atoms with Crippen molar-refractivity contribution in [3.05, 3.63) is 0 Å². The molecule has 0 bridgehead atoms. The topological polar surface area (TPSA) is 0 Å². The summed E-state index contributed by atoms with van der Waals surface area (Å²) in [5.41, 5.74) is 3.65.